The van der Waals surface area contributed by atoms with Gasteiger partial charge in [-0.15, -0.1) is 0 Å². The van der Waals surface area contributed by atoms with Crippen molar-refractivity contribution in [3.05, 3.63) is 47.9 Å². The molecule has 1 aromatic carbocycles. The number of nitrogens with zero attached hydrogens (tertiary/aromatic N) is 5. The van der Waals surface area contributed by atoms with E-state index in [1.165, 1.54) is 10.9 Å². The summed E-state index contributed by atoms with van der Waals surface area (Å²) in [6.45, 7) is 8.06. The van der Waals surface area contributed by atoms with E-state index in [1.807, 2.05) is 68.8 Å². The first-order valence-electron chi connectivity index (χ1n) is 8.39. The highest BCUT2D eigenvalue weighted by Gasteiger charge is 2.03. The van der Waals surface area contributed by atoms with E-state index in [1.54, 1.807) is 0 Å². The summed E-state index contributed by atoms with van der Waals surface area (Å²) in [4.78, 5) is 4.30. The molecule has 0 amide bonds. The van der Waals surface area contributed by atoms with Crippen molar-refractivity contribution >= 4 is 36.5 Å². The van der Waals surface area contributed by atoms with Crippen molar-refractivity contribution in [3.8, 4) is 0 Å². The largest absolute Gasteiger partial charge is 0.275 e. The summed E-state index contributed by atoms with van der Waals surface area (Å²) in [7, 11) is 6.46. The van der Waals surface area contributed by atoms with E-state index in [2.05, 4.69) is 43.5 Å². The first-order valence-corrected chi connectivity index (χ1v) is 8.96. The molecule has 0 bridgehead atoms. The van der Waals surface area contributed by atoms with Crippen molar-refractivity contribution in [1.29, 1.82) is 0 Å². The van der Waals surface area contributed by atoms with Crippen LogP contribution in [0.25, 0.3) is 21.8 Å². The summed E-state index contributed by atoms with van der Waals surface area (Å²) in [5.74, 6) is 0. The molecule has 1 unspecified atom stereocenters. The van der Waals surface area contributed by atoms with Crippen LogP contribution in [0.3, 0.4) is 0 Å². The molecule has 25 heavy (non-hydrogen) atoms. The molecule has 5 nitrogen and oxygen atoms in total. The fourth-order valence-corrected chi connectivity index (χ4v) is 2.97. The molecule has 6 heteroatoms. The zero-order chi connectivity index (χ0) is 18.6. The molecule has 0 aliphatic carbocycles. The number of fused-ring (bicyclic) bond motifs is 2. The van der Waals surface area contributed by atoms with Crippen LogP contribution in [0.1, 0.15) is 25.1 Å². The summed E-state index contributed by atoms with van der Waals surface area (Å²) < 4.78 is 3.65. The molecule has 132 valence electrons. The molecule has 0 radical (unpaired) electrons. The summed E-state index contributed by atoms with van der Waals surface area (Å²) >= 11 is 0. The van der Waals surface area contributed by atoms with Gasteiger partial charge in [-0.25, -0.2) is 0 Å². The van der Waals surface area contributed by atoms with E-state index in [-0.39, 0.29) is 0 Å². The third-order valence-corrected chi connectivity index (χ3v) is 3.87. The molecule has 0 N–H and O–H groups in total. The zero-order valence-electron chi connectivity index (χ0n) is 15.8. The SMILES string of the molecule is CC.Cc1ccc2nn(C)cc2c1.Cc1nc(P)cc2cn(C)nc12. The van der Waals surface area contributed by atoms with Crippen LogP contribution in [-0.4, -0.2) is 24.5 Å². The van der Waals surface area contributed by atoms with Gasteiger partial charge in [-0.3, -0.25) is 14.3 Å². The maximum atomic E-state index is 4.30. The second-order valence-electron chi connectivity index (χ2n) is 5.74. The molecule has 0 saturated heterocycles. The molecule has 4 aromatic rings. The maximum absolute atomic E-state index is 4.30. The molecule has 0 saturated carbocycles. The Labute approximate surface area is 151 Å². The van der Waals surface area contributed by atoms with Crippen LogP contribution < -0.4 is 5.44 Å². The first-order chi connectivity index (χ1) is 11.9. The quantitative estimate of drug-likeness (QED) is 0.452. The molecule has 1 atom stereocenters. The van der Waals surface area contributed by atoms with Crippen molar-refractivity contribution in [3.63, 3.8) is 0 Å². The van der Waals surface area contributed by atoms with Crippen LogP contribution in [0.15, 0.2) is 36.7 Å². The molecule has 4 rings (SSSR count). The molecule has 3 heterocycles. The molecular weight excluding hydrogens is 329 g/mol. The van der Waals surface area contributed by atoms with Crippen molar-refractivity contribution in [2.24, 2.45) is 14.1 Å². The van der Waals surface area contributed by atoms with Crippen LogP contribution in [0, 0.1) is 13.8 Å². The highest BCUT2D eigenvalue weighted by molar-refractivity contribution is 7.27. The van der Waals surface area contributed by atoms with E-state index in [9.17, 15) is 0 Å². The average molecular weight is 355 g/mol. The Bertz CT molecular complexity index is 984. The van der Waals surface area contributed by atoms with Crippen molar-refractivity contribution in [2.45, 2.75) is 27.7 Å². The van der Waals surface area contributed by atoms with Crippen LogP contribution in [0.4, 0.5) is 0 Å². The van der Waals surface area contributed by atoms with Crippen molar-refractivity contribution in [2.75, 3.05) is 0 Å². The lowest BCUT2D eigenvalue weighted by Gasteiger charge is -1.94. The summed E-state index contributed by atoms with van der Waals surface area (Å²) in [5.41, 5.74) is 5.29. The first kappa shape index (κ1) is 19.1. The Balaban J connectivity index is 0.000000165. The van der Waals surface area contributed by atoms with Gasteiger partial charge >= 0.3 is 0 Å². The smallest absolute Gasteiger partial charge is 0.114 e. The van der Waals surface area contributed by atoms with Crippen LogP contribution in [0.5, 0.6) is 0 Å². The minimum atomic E-state index is 0.966. The van der Waals surface area contributed by atoms with Crippen LogP contribution >= 0.6 is 9.24 Å². The standard InChI is InChI=1S/C9H10N2.C8H10N3P.C2H6/c1-7-3-4-9-8(5-7)6-11(2)10-9;1-5-8-6(3-7(12)9-5)4-11(2)10-8;1-2/h3-6H,1-2H3;3-4H,12H2,1-2H3;1-2H3. The molecular formula is C19H26N5P. The Hall–Kier alpha value is -2.26. The molecule has 0 aliphatic heterocycles. The highest BCUT2D eigenvalue weighted by atomic mass is 31.0. The maximum Gasteiger partial charge on any atom is 0.114 e. The van der Waals surface area contributed by atoms with Crippen LogP contribution in [-0.2, 0) is 14.1 Å². The number of hydrogen-bond acceptors (Lipinski definition) is 3. The zero-order valence-corrected chi connectivity index (χ0v) is 16.9. The van der Waals surface area contributed by atoms with E-state index in [0.717, 1.165) is 27.5 Å². The minimum Gasteiger partial charge on any atom is -0.275 e. The van der Waals surface area contributed by atoms with Crippen molar-refractivity contribution < 1.29 is 0 Å². The second kappa shape index (κ2) is 8.21. The van der Waals surface area contributed by atoms with E-state index >= 15 is 0 Å². The third kappa shape index (κ3) is 4.64. The number of rotatable bonds is 0. The normalized spacial score (nSPS) is 10.2. The fourth-order valence-electron chi connectivity index (χ4n) is 2.60. The predicted octanol–water partition coefficient (Wildman–Crippen LogP) is 3.69. The Kier molecular flexibility index (Phi) is 6.27. The lowest BCUT2D eigenvalue weighted by Crippen LogP contribution is -1.99. The van der Waals surface area contributed by atoms with Gasteiger partial charge in [0.1, 0.15) is 5.52 Å². The molecule has 3 aromatic heterocycles. The third-order valence-electron chi connectivity index (χ3n) is 3.57. The molecule has 0 aliphatic rings. The Morgan fingerprint density at radius 1 is 0.880 bits per heavy atom. The number of hydrogen-bond donors (Lipinski definition) is 0. The number of benzene rings is 1. The van der Waals surface area contributed by atoms with Gasteiger partial charge in [0.25, 0.3) is 0 Å². The number of pyridine rings is 1. The van der Waals surface area contributed by atoms with E-state index in [0.29, 0.717) is 0 Å². The van der Waals surface area contributed by atoms with Gasteiger partial charge in [-0.05, 0) is 32.0 Å². The van der Waals surface area contributed by atoms with Gasteiger partial charge in [0.05, 0.1) is 16.6 Å². The van der Waals surface area contributed by atoms with Gasteiger partial charge in [-0.1, -0.05) is 34.7 Å². The predicted molar refractivity (Wildman–Crippen MR) is 109 cm³/mol. The summed E-state index contributed by atoms with van der Waals surface area (Å²) in [5, 5.41) is 10.9. The molecule has 0 spiro atoms. The Morgan fingerprint density at radius 2 is 1.52 bits per heavy atom. The van der Waals surface area contributed by atoms with Crippen LogP contribution in [0.2, 0.25) is 0 Å². The fraction of sp³-hybridized carbons (Fsp3) is 0.316. The van der Waals surface area contributed by atoms with E-state index < -0.39 is 0 Å². The van der Waals surface area contributed by atoms with E-state index in [4.69, 9.17) is 0 Å². The molecule has 0 fully saturated rings. The Morgan fingerprint density at radius 3 is 2.24 bits per heavy atom. The monoisotopic (exact) mass is 355 g/mol. The van der Waals surface area contributed by atoms with Crippen molar-refractivity contribution in [1.82, 2.24) is 24.5 Å². The van der Waals surface area contributed by atoms with Gasteiger partial charge < -0.3 is 0 Å². The second-order valence-corrected chi connectivity index (χ2v) is 6.33. The highest BCUT2D eigenvalue weighted by Crippen LogP contribution is 2.13. The minimum absolute atomic E-state index is 0.966. The van der Waals surface area contributed by atoms with Gasteiger partial charge in [0.2, 0.25) is 0 Å². The summed E-state index contributed by atoms with van der Waals surface area (Å²) in [6, 6.07) is 8.28. The number of aromatic nitrogens is 5. The topological polar surface area (TPSA) is 48.5 Å². The number of aryl methyl sites for hydroxylation is 4. The lowest BCUT2D eigenvalue weighted by atomic mass is 10.2. The van der Waals surface area contributed by atoms with Gasteiger partial charge in [0.15, 0.2) is 0 Å². The van der Waals surface area contributed by atoms with Gasteiger partial charge in [0, 0.05) is 37.3 Å². The van der Waals surface area contributed by atoms with Gasteiger partial charge in [-0.2, -0.15) is 10.2 Å². The average Bonchev–Trinajstić information content (AvgIpc) is 3.10. The summed E-state index contributed by atoms with van der Waals surface area (Å²) in [6.07, 6.45) is 4.03. The lowest BCUT2D eigenvalue weighted by molar-refractivity contribution is 0.778.